The molecular weight excluding hydrogens is 186 g/mol. The van der Waals surface area contributed by atoms with Crippen LogP contribution in [0.15, 0.2) is 43.6 Å². The van der Waals surface area contributed by atoms with Crippen LogP contribution >= 0.6 is 0 Å². The van der Waals surface area contributed by atoms with Crippen molar-refractivity contribution in [1.82, 2.24) is 4.98 Å². The fourth-order valence-electron chi connectivity index (χ4n) is 1.37. The van der Waals surface area contributed by atoms with Gasteiger partial charge in [0.1, 0.15) is 0 Å². The first-order valence-electron chi connectivity index (χ1n) is 4.93. The van der Waals surface area contributed by atoms with Crippen molar-refractivity contribution in [2.75, 3.05) is 18.0 Å². The van der Waals surface area contributed by atoms with Gasteiger partial charge in [-0.15, -0.1) is 13.2 Å². The van der Waals surface area contributed by atoms with Crippen molar-refractivity contribution < 1.29 is 0 Å². The highest BCUT2D eigenvalue weighted by molar-refractivity contribution is 5.47. The molecule has 0 aliphatic heterocycles. The summed E-state index contributed by atoms with van der Waals surface area (Å²) in [6, 6.07) is 3.96. The van der Waals surface area contributed by atoms with Crippen LogP contribution in [0.25, 0.3) is 0 Å². The number of anilines is 1. The van der Waals surface area contributed by atoms with Crippen LogP contribution in [0.3, 0.4) is 0 Å². The molecule has 80 valence electrons. The Morgan fingerprint density at radius 1 is 1.33 bits per heavy atom. The Balaban J connectivity index is 2.88. The van der Waals surface area contributed by atoms with Gasteiger partial charge in [-0.1, -0.05) is 12.2 Å². The molecule has 0 aliphatic carbocycles. The highest BCUT2D eigenvalue weighted by Crippen LogP contribution is 2.14. The van der Waals surface area contributed by atoms with Crippen molar-refractivity contribution in [3.8, 4) is 0 Å². The summed E-state index contributed by atoms with van der Waals surface area (Å²) in [7, 11) is 0. The highest BCUT2D eigenvalue weighted by Gasteiger charge is 2.03. The van der Waals surface area contributed by atoms with Gasteiger partial charge in [-0.3, -0.25) is 4.98 Å². The number of hydrogen-bond donors (Lipinski definition) is 1. The topological polar surface area (TPSA) is 42.2 Å². The summed E-state index contributed by atoms with van der Waals surface area (Å²) in [6.45, 7) is 9.51. The molecule has 0 bridgehead atoms. The quantitative estimate of drug-likeness (QED) is 0.716. The summed E-state index contributed by atoms with van der Waals surface area (Å²) < 4.78 is 0. The zero-order chi connectivity index (χ0) is 11.1. The molecule has 0 radical (unpaired) electrons. The zero-order valence-electron chi connectivity index (χ0n) is 8.89. The predicted molar refractivity (Wildman–Crippen MR) is 64.7 cm³/mol. The molecule has 0 atom stereocenters. The highest BCUT2D eigenvalue weighted by atomic mass is 15.1. The molecule has 1 heterocycles. The molecule has 3 heteroatoms. The van der Waals surface area contributed by atoms with Crippen LogP contribution in [0, 0.1) is 0 Å². The summed E-state index contributed by atoms with van der Waals surface area (Å²) in [6.07, 6.45) is 5.51. The van der Waals surface area contributed by atoms with E-state index in [1.54, 1.807) is 6.20 Å². The van der Waals surface area contributed by atoms with E-state index in [0.29, 0.717) is 6.54 Å². The molecule has 0 spiro atoms. The summed E-state index contributed by atoms with van der Waals surface area (Å²) >= 11 is 0. The first kappa shape index (κ1) is 11.5. The summed E-state index contributed by atoms with van der Waals surface area (Å²) in [5.74, 6) is 0. The third-order valence-corrected chi connectivity index (χ3v) is 2.07. The molecule has 0 aliphatic rings. The molecule has 0 saturated carbocycles. The van der Waals surface area contributed by atoms with Gasteiger partial charge in [0.15, 0.2) is 0 Å². The van der Waals surface area contributed by atoms with Gasteiger partial charge in [-0.2, -0.15) is 0 Å². The second kappa shape index (κ2) is 5.98. The van der Waals surface area contributed by atoms with E-state index in [-0.39, 0.29) is 0 Å². The van der Waals surface area contributed by atoms with Crippen LogP contribution in [0.4, 0.5) is 5.69 Å². The molecule has 2 N–H and O–H groups in total. The molecule has 3 nitrogen and oxygen atoms in total. The SMILES string of the molecule is C=CCN(CC=C)c1ccnc(CN)c1. The standard InChI is InChI=1S/C12H17N3/c1-3-7-15(8-4-2)12-5-6-14-11(9-12)10-13/h3-6,9H,1-2,7-8,10,13H2. The Morgan fingerprint density at radius 3 is 2.53 bits per heavy atom. The third-order valence-electron chi connectivity index (χ3n) is 2.07. The van der Waals surface area contributed by atoms with E-state index in [1.165, 1.54) is 0 Å². The zero-order valence-corrected chi connectivity index (χ0v) is 8.89. The maximum absolute atomic E-state index is 5.55. The Morgan fingerprint density at radius 2 is 2.00 bits per heavy atom. The summed E-state index contributed by atoms with van der Waals surface area (Å²) in [4.78, 5) is 6.31. The lowest BCUT2D eigenvalue weighted by molar-refractivity contribution is 0.933. The minimum atomic E-state index is 0.462. The van der Waals surface area contributed by atoms with Crippen LogP contribution in [0.2, 0.25) is 0 Å². The number of pyridine rings is 1. The van der Waals surface area contributed by atoms with Crippen LogP contribution in [-0.2, 0) is 6.54 Å². The van der Waals surface area contributed by atoms with Crippen LogP contribution in [0.5, 0.6) is 0 Å². The normalized spacial score (nSPS) is 9.67. The van der Waals surface area contributed by atoms with Gasteiger partial charge >= 0.3 is 0 Å². The van der Waals surface area contributed by atoms with Gasteiger partial charge in [0.2, 0.25) is 0 Å². The summed E-state index contributed by atoms with van der Waals surface area (Å²) in [5, 5.41) is 0. The average molecular weight is 203 g/mol. The van der Waals surface area contributed by atoms with Gasteiger partial charge in [0.05, 0.1) is 5.69 Å². The fraction of sp³-hybridized carbons (Fsp3) is 0.250. The van der Waals surface area contributed by atoms with E-state index in [4.69, 9.17) is 5.73 Å². The van der Waals surface area contributed by atoms with E-state index >= 15 is 0 Å². The minimum Gasteiger partial charge on any atom is -0.364 e. The van der Waals surface area contributed by atoms with Crippen LogP contribution < -0.4 is 10.6 Å². The number of nitrogens with zero attached hydrogens (tertiary/aromatic N) is 2. The molecule has 0 unspecified atom stereocenters. The van der Waals surface area contributed by atoms with Crippen molar-refractivity contribution in [2.45, 2.75) is 6.54 Å². The molecular formula is C12H17N3. The van der Waals surface area contributed by atoms with E-state index in [1.807, 2.05) is 24.3 Å². The third kappa shape index (κ3) is 3.22. The summed E-state index contributed by atoms with van der Waals surface area (Å²) in [5.41, 5.74) is 7.54. The Bertz CT molecular complexity index is 323. The number of aromatic nitrogens is 1. The molecule has 1 aromatic heterocycles. The number of nitrogens with two attached hydrogens (primary N) is 1. The van der Waals surface area contributed by atoms with E-state index in [9.17, 15) is 0 Å². The largest absolute Gasteiger partial charge is 0.364 e. The first-order chi connectivity index (χ1) is 7.31. The van der Waals surface area contributed by atoms with Crippen molar-refractivity contribution in [3.63, 3.8) is 0 Å². The van der Waals surface area contributed by atoms with Gasteiger partial charge in [0.25, 0.3) is 0 Å². The predicted octanol–water partition coefficient (Wildman–Crippen LogP) is 1.72. The Kier molecular flexibility index (Phi) is 4.57. The van der Waals surface area contributed by atoms with Crippen molar-refractivity contribution in [3.05, 3.63) is 49.3 Å². The van der Waals surface area contributed by atoms with E-state index < -0.39 is 0 Å². The molecule has 1 aromatic rings. The van der Waals surface area contributed by atoms with Crippen molar-refractivity contribution in [1.29, 1.82) is 0 Å². The Labute approximate surface area is 90.9 Å². The smallest absolute Gasteiger partial charge is 0.0560 e. The van der Waals surface area contributed by atoms with Crippen molar-refractivity contribution >= 4 is 5.69 Å². The maximum Gasteiger partial charge on any atom is 0.0560 e. The molecule has 15 heavy (non-hydrogen) atoms. The van der Waals surface area contributed by atoms with Gasteiger partial charge in [-0.25, -0.2) is 0 Å². The van der Waals surface area contributed by atoms with Gasteiger partial charge in [0, 0.05) is 31.5 Å². The van der Waals surface area contributed by atoms with E-state index in [0.717, 1.165) is 24.5 Å². The maximum atomic E-state index is 5.55. The lowest BCUT2D eigenvalue weighted by Gasteiger charge is -2.21. The van der Waals surface area contributed by atoms with Crippen LogP contribution in [-0.4, -0.2) is 18.1 Å². The lowest BCUT2D eigenvalue weighted by atomic mass is 10.2. The molecule has 0 amide bonds. The number of hydrogen-bond acceptors (Lipinski definition) is 3. The second-order valence-electron chi connectivity index (χ2n) is 3.19. The second-order valence-corrected chi connectivity index (χ2v) is 3.19. The van der Waals surface area contributed by atoms with Gasteiger partial charge in [-0.05, 0) is 12.1 Å². The number of rotatable bonds is 6. The fourth-order valence-corrected chi connectivity index (χ4v) is 1.37. The molecule has 0 fully saturated rings. The monoisotopic (exact) mass is 203 g/mol. The van der Waals surface area contributed by atoms with Crippen LogP contribution in [0.1, 0.15) is 5.69 Å². The molecule has 0 saturated heterocycles. The minimum absolute atomic E-state index is 0.462. The molecule has 1 rings (SSSR count). The van der Waals surface area contributed by atoms with Gasteiger partial charge < -0.3 is 10.6 Å². The first-order valence-corrected chi connectivity index (χ1v) is 4.93. The van der Waals surface area contributed by atoms with Crippen molar-refractivity contribution in [2.24, 2.45) is 5.73 Å². The molecule has 0 aromatic carbocycles. The Hall–Kier alpha value is -1.61. The lowest BCUT2D eigenvalue weighted by Crippen LogP contribution is -2.23. The van der Waals surface area contributed by atoms with E-state index in [2.05, 4.69) is 23.0 Å². The average Bonchev–Trinajstić information content (AvgIpc) is 2.29.